The second-order valence-electron chi connectivity index (χ2n) is 11.2. The zero-order valence-electron chi connectivity index (χ0n) is 27.5. The number of thiazole rings is 1. The number of hydrogen-bond donors (Lipinski definition) is 3. The number of rotatable bonds is 12. The number of methoxy groups -OCH3 is 1. The third kappa shape index (κ3) is 9.28. The van der Waals surface area contributed by atoms with Gasteiger partial charge in [-0.25, -0.2) is 4.98 Å². The van der Waals surface area contributed by atoms with Gasteiger partial charge in [0.05, 0.1) is 22.8 Å². The maximum Gasteiger partial charge on any atom is 0.272 e. The van der Waals surface area contributed by atoms with E-state index in [9.17, 15) is 14.4 Å². The third-order valence-electron chi connectivity index (χ3n) is 7.60. The Bertz CT molecular complexity index is 2250. The molecule has 1 heterocycles. The average molecular weight is 766 g/mol. The van der Waals surface area contributed by atoms with E-state index in [1.165, 1.54) is 29.2 Å². The summed E-state index contributed by atoms with van der Waals surface area (Å²) in [6.45, 7) is 0. The van der Waals surface area contributed by atoms with Crippen LogP contribution in [0.15, 0.2) is 143 Å². The number of ether oxygens (including phenoxy) is 1. The van der Waals surface area contributed by atoms with Crippen LogP contribution in [-0.4, -0.2) is 29.8 Å². The predicted octanol–water partition coefficient (Wildman–Crippen LogP) is 10.0. The summed E-state index contributed by atoms with van der Waals surface area (Å²) in [7, 11) is 1.61. The SMILES string of the molecule is COc1cccc(-c2csc(NC(=O)C(Sc3cccc(NC(=O)/C(=C\c4cccc(Cl)c4Cl)NC(=O)c4ccccc4)c3)c3ccccc3)n2)c1. The highest BCUT2D eigenvalue weighted by atomic mass is 35.5. The minimum atomic E-state index is -0.651. The third-order valence-corrected chi connectivity index (χ3v) is 10.4. The van der Waals surface area contributed by atoms with E-state index >= 15 is 0 Å². The highest BCUT2D eigenvalue weighted by Crippen LogP contribution is 2.38. The molecular formula is C40H30Cl2N4O4S2. The van der Waals surface area contributed by atoms with Crippen LogP contribution in [0.3, 0.4) is 0 Å². The zero-order valence-corrected chi connectivity index (χ0v) is 30.7. The van der Waals surface area contributed by atoms with Gasteiger partial charge in [0.15, 0.2) is 5.13 Å². The van der Waals surface area contributed by atoms with Crippen LogP contribution in [0, 0.1) is 0 Å². The van der Waals surface area contributed by atoms with Gasteiger partial charge in [0.25, 0.3) is 11.8 Å². The smallest absolute Gasteiger partial charge is 0.272 e. The lowest BCUT2D eigenvalue weighted by Crippen LogP contribution is -2.30. The van der Waals surface area contributed by atoms with Gasteiger partial charge in [-0.15, -0.1) is 23.1 Å². The average Bonchev–Trinajstić information content (AvgIpc) is 3.64. The van der Waals surface area contributed by atoms with Crippen LogP contribution in [0.5, 0.6) is 5.75 Å². The molecule has 6 rings (SSSR count). The van der Waals surface area contributed by atoms with Crippen LogP contribution >= 0.6 is 46.3 Å². The van der Waals surface area contributed by atoms with Crippen LogP contribution in [-0.2, 0) is 9.59 Å². The molecule has 0 bridgehead atoms. The first-order chi connectivity index (χ1) is 25.3. The molecular weight excluding hydrogens is 736 g/mol. The minimum absolute atomic E-state index is 0.0469. The molecule has 3 amide bonds. The number of halogens is 2. The molecule has 260 valence electrons. The Kier molecular flexibility index (Phi) is 12.1. The van der Waals surface area contributed by atoms with Gasteiger partial charge in [-0.05, 0) is 65.7 Å². The highest BCUT2D eigenvalue weighted by molar-refractivity contribution is 8.00. The number of anilines is 2. The molecule has 5 aromatic carbocycles. The number of carbonyl (C=O) groups is 3. The van der Waals surface area contributed by atoms with Gasteiger partial charge in [-0.2, -0.15) is 0 Å². The van der Waals surface area contributed by atoms with Crippen molar-refractivity contribution in [1.29, 1.82) is 0 Å². The minimum Gasteiger partial charge on any atom is -0.497 e. The Morgan fingerprint density at radius 1 is 0.827 bits per heavy atom. The molecule has 0 aliphatic rings. The fourth-order valence-electron chi connectivity index (χ4n) is 5.03. The fraction of sp³-hybridized carbons (Fsp3) is 0.0500. The largest absolute Gasteiger partial charge is 0.497 e. The second kappa shape index (κ2) is 17.2. The Hall–Kier alpha value is -5.39. The van der Waals surface area contributed by atoms with Crippen molar-refractivity contribution in [2.75, 3.05) is 17.7 Å². The summed E-state index contributed by atoms with van der Waals surface area (Å²) in [6, 6.07) is 37.7. The molecule has 0 saturated carbocycles. The Morgan fingerprint density at radius 3 is 2.33 bits per heavy atom. The molecule has 8 nitrogen and oxygen atoms in total. The van der Waals surface area contributed by atoms with E-state index in [0.717, 1.165) is 21.7 Å². The number of thioether (sulfide) groups is 1. The van der Waals surface area contributed by atoms with Crippen molar-refractivity contribution in [3.8, 4) is 17.0 Å². The Morgan fingerprint density at radius 2 is 1.56 bits per heavy atom. The maximum absolute atomic E-state index is 13.8. The van der Waals surface area contributed by atoms with E-state index < -0.39 is 17.1 Å². The molecule has 52 heavy (non-hydrogen) atoms. The van der Waals surface area contributed by atoms with Crippen molar-refractivity contribution in [3.05, 3.63) is 165 Å². The molecule has 6 aromatic rings. The molecule has 12 heteroatoms. The molecule has 1 unspecified atom stereocenters. The summed E-state index contributed by atoms with van der Waals surface area (Å²) in [5, 5.41) is 10.8. The topological polar surface area (TPSA) is 109 Å². The van der Waals surface area contributed by atoms with E-state index in [0.29, 0.717) is 32.7 Å². The summed E-state index contributed by atoms with van der Waals surface area (Å²) >= 11 is 15.3. The standard InChI is InChI=1S/C40H30Cl2N4O4S2/c1-50-30-18-8-15-27(21-30)34-24-51-40(45-34)46-39(49)36(25-11-4-2-5-12-25)52-31-19-10-17-29(23-31)43-38(48)33(22-28-16-9-20-32(41)35(28)42)44-37(47)26-13-6-3-7-14-26/h2-24,36H,1H3,(H,43,48)(H,44,47)(H,45,46,49)/b33-22+. The summed E-state index contributed by atoms with van der Waals surface area (Å²) in [5.74, 6) is -0.610. The summed E-state index contributed by atoms with van der Waals surface area (Å²) < 4.78 is 5.34. The first-order valence-corrected chi connectivity index (χ1v) is 18.3. The molecule has 0 spiro atoms. The number of nitrogens with one attached hydrogen (secondary N) is 3. The van der Waals surface area contributed by atoms with Crippen LogP contribution < -0.4 is 20.7 Å². The zero-order chi connectivity index (χ0) is 36.5. The lowest BCUT2D eigenvalue weighted by molar-refractivity contribution is -0.116. The van der Waals surface area contributed by atoms with Crippen LogP contribution in [0.2, 0.25) is 10.0 Å². The van der Waals surface area contributed by atoms with Crippen LogP contribution in [0.25, 0.3) is 17.3 Å². The molecule has 0 radical (unpaired) electrons. The van der Waals surface area contributed by atoms with Crippen molar-refractivity contribution in [2.45, 2.75) is 10.1 Å². The van der Waals surface area contributed by atoms with Gasteiger partial charge in [0.1, 0.15) is 16.7 Å². The first kappa shape index (κ1) is 36.4. The normalized spacial score (nSPS) is 11.7. The molecule has 0 aliphatic heterocycles. The van der Waals surface area contributed by atoms with E-state index in [4.69, 9.17) is 27.9 Å². The summed E-state index contributed by atoms with van der Waals surface area (Å²) in [4.78, 5) is 46.1. The van der Waals surface area contributed by atoms with Gasteiger partial charge in [0, 0.05) is 27.1 Å². The van der Waals surface area contributed by atoms with E-state index in [-0.39, 0.29) is 16.6 Å². The lowest BCUT2D eigenvalue weighted by atomic mass is 10.1. The Labute approximate surface area is 318 Å². The van der Waals surface area contributed by atoms with Crippen LogP contribution in [0.4, 0.5) is 10.8 Å². The maximum atomic E-state index is 13.8. The molecule has 3 N–H and O–H groups in total. The van der Waals surface area contributed by atoms with E-state index in [2.05, 4.69) is 20.9 Å². The number of amides is 3. The molecule has 0 fully saturated rings. The van der Waals surface area contributed by atoms with Gasteiger partial charge in [-0.1, -0.05) is 102 Å². The summed E-state index contributed by atoms with van der Waals surface area (Å²) in [5.41, 5.74) is 3.60. The van der Waals surface area contributed by atoms with Crippen molar-refractivity contribution in [2.24, 2.45) is 0 Å². The molecule has 1 aromatic heterocycles. The van der Waals surface area contributed by atoms with Gasteiger partial charge in [0.2, 0.25) is 5.91 Å². The lowest BCUT2D eigenvalue weighted by Gasteiger charge is -2.17. The first-order valence-electron chi connectivity index (χ1n) is 15.8. The van der Waals surface area contributed by atoms with Gasteiger partial charge < -0.3 is 20.7 Å². The van der Waals surface area contributed by atoms with Crippen molar-refractivity contribution >= 4 is 80.9 Å². The Balaban J connectivity index is 1.22. The number of aromatic nitrogens is 1. The molecule has 0 saturated heterocycles. The van der Waals surface area contributed by atoms with Gasteiger partial charge in [-0.3, -0.25) is 14.4 Å². The fourth-order valence-corrected chi connectivity index (χ4v) is 7.20. The van der Waals surface area contributed by atoms with E-state index in [1.807, 2.05) is 66.0 Å². The van der Waals surface area contributed by atoms with Crippen LogP contribution in [0.1, 0.15) is 26.7 Å². The quantitative estimate of drug-likeness (QED) is 0.0846. The molecule has 1 atom stereocenters. The predicted molar refractivity (Wildman–Crippen MR) is 211 cm³/mol. The summed E-state index contributed by atoms with van der Waals surface area (Å²) in [6.07, 6.45) is 1.47. The number of benzene rings is 5. The number of carbonyl (C=O) groups excluding carboxylic acids is 3. The second-order valence-corrected chi connectivity index (χ2v) is 14.0. The van der Waals surface area contributed by atoms with Crippen molar-refractivity contribution in [1.82, 2.24) is 10.3 Å². The number of nitrogens with zero attached hydrogens (tertiary/aromatic N) is 1. The highest BCUT2D eigenvalue weighted by Gasteiger charge is 2.24. The monoisotopic (exact) mass is 764 g/mol. The van der Waals surface area contributed by atoms with E-state index in [1.54, 1.807) is 73.8 Å². The van der Waals surface area contributed by atoms with Crippen molar-refractivity contribution in [3.63, 3.8) is 0 Å². The van der Waals surface area contributed by atoms with Gasteiger partial charge >= 0.3 is 0 Å². The molecule has 0 aliphatic carbocycles. The van der Waals surface area contributed by atoms with Crippen molar-refractivity contribution < 1.29 is 19.1 Å². The number of hydrogen-bond acceptors (Lipinski definition) is 7.